The fourth-order valence-electron chi connectivity index (χ4n) is 0.667. The molecule has 0 bridgehead atoms. The quantitative estimate of drug-likeness (QED) is 0.567. The summed E-state index contributed by atoms with van der Waals surface area (Å²) in [5.41, 5.74) is 0. The maximum atomic E-state index is 5.19. The second-order valence-electron chi connectivity index (χ2n) is 2.11. The molecule has 2 nitrogen and oxygen atoms in total. The van der Waals surface area contributed by atoms with Gasteiger partial charge in [-0.2, -0.15) is 0 Å². The molecule has 0 aliphatic carbocycles. The zero-order valence-electron chi connectivity index (χ0n) is 6.86. The van der Waals surface area contributed by atoms with E-state index in [0.717, 1.165) is 5.76 Å². The van der Waals surface area contributed by atoms with Gasteiger partial charge in [-0.3, -0.25) is 0 Å². The summed E-state index contributed by atoms with van der Waals surface area (Å²) in [4.78, 5) is 0. The number of thioether (sulfide) groups is 1. The molecule has 0 radical (unpaired) electrons. The number of thiocarbonyl (C=S) groups is 1. The van der Waals surface area contributed by atoms with Crippen molar-refractivity contribution in [2.45, 2.75) is 6.61 Å². The molecule has 0 amide bonds. The minimum Gasteiger partial charge on any atom is -0.470 e. The van der Waals surface area contributed by atoms with Crippen molar-refractivity contribution in [1.29, 1.82) is 0 Å². The van der Waals surface area contributed by atoms with E-state index in [1.807, 2.05) is 6.07 Å². The first-order valence-corrected chi connectivity index (χ1v) is 4.97. The zero-order valence-corrected chi connectivity index (χ0v) is 8.49. The minimum atomic E-state index is 0.364. The summed E-state index contributed by atoms with van der Waals surface area (Å²) < 4.78 is 10.7. The van der Waals surface area contributed by atoms with Gasteiger partial charge in [-0.05, 0) is 24.4 Å². The van der Waals surface area contributed by atoms with Gasteiger partial charge >= 0.3 is 0 Å². The highest BCUT2D eigenvalue weighted by atomic mass is 32.2. The molecule has 0 aliphatic rings. The maximum Gasteiger partial charge on any atom is 0.221 e. The van der Waals surface area contributed by atoms with Gasteiger partial charge in [-0.1, -0.05) is 17.7 Å². The molecule has 68 valence electrons. The maximum absolute atomic E-state index is 5.19. The van der Waals surface area contributed by atoms with Gasteiger partial charge in [0.15, 0.2) is 0 Å². The average Bonchev–Trinajstić information content (AvgIpc) is 2.64. The van der Waals surface area contributed by atoms with Gasteiger partial charge in [-0.15, -0.1) is 6.42 Å². The molecule has 0 saturated heterocycles. The molecule has 1 aromatic rings. The van der Waals surface area contributed by atoms with Crippen molar-refractivity contribution in [3.63, 3.8) is 0 Å². The number of furan rings is 1. The number of rotatable bonds is 3. The Morgan fingerprint density at radius 1 is 1.77 bits per heavy atom. The molecule has 1 aromatic heterocycles. The molecule has 0 saturated carbocycles. The summed E-state index contributed by atoms with van der Waals surface area (Å²) >= 11 is 6.23. The average molecular weight is 212 g/mol. The lowest BCUT2D eigenvalue weighted by Gasteiger charge is -2.02. The summed E-state index contributed by atoms with van der Waals surface area (Å²) in [6, 6.07) is 3.63. The predicted octanol–water partition coefficient (Wildman–Crippen LogP) is 2.45. The van der Waals surface area contributed by atoms with E-state index in [9.17, 15) is 0 Å². The Hall–Kier alpha value is -0.920. The molecule has 0 atom stereocenters. The topological polar surface area (TPSA) is 22.4 Å². The summed E-state index contributed by atoms with van der Waals surface area (Å²) in [5, 5.41) is 0. The van der Waals surface area contributed by atoms with Crippen molar-refractivity contribution in [3.05, 3.63) is 24.2 Å². The van der Waals surface area contributed by atoms with Crippen molar-refractivity contribution < 1.29 is 9.15 Å². The van der Waals surface area contributed by atoms with Gasteiger partial charge < -0.3 is 9.15 Å². The summed E-state index contributed by atoms with van der Waals surface area (Å²) in [6.45, 7) is 0.364. The van der Waals surface area contributed by atoms with E-state index >= 15 is 0 Å². The summed E-state index contributed by atoms with van der Waals surface area (Å²) in [7, 11) is 0. The smallest absolute Gasteiger partial charge is 0.221 e. The monoisotopic (exact) mass is 212 g/mol. The molecular formula is C9H8O2S2. The molecule has 1 heterocycles. The van der Waals surface area contributed by atoms with Crippen molar-refractivity contribution in [1.82, 2.24) is 0 Å². The molecule has 0 spiro atoms. The second-order valence-corrected chi connectivity index (χ2v) is 3.69. The van der Waals surface area contributed by atoms with E-state index in [1.165, 1.54) is 11.8 Å². The molecule has 13 heavy (non-hydrogen) atoms. The third kappa shape index (κ3) is 4.02. The Balaban J connectivity index is 2.20. The number of hydrogen-bond donors (Lipinski definition) is 0. The number of hydrogen-bond acceptors (Lipinski definition) is 4. The van der Waals surface area contributed by atoms with Gasteiger partial charge in [0.2, 0.25) is 4.38 Å². The highest BCUT2D eigenvalue weighted by Crippen LogP contribution is 2.08. The van der Waals surface area contributed by atoms with Crippen LogP contribution < -0.4 is 0 Å². The Kier molecular flexibility index (Phi) is 4.44. The van der Waals surface area contributed by atoms with Crippen LogP contribution in [0.5, 0.6) is 0 Å². The van der Waals surface area contributed by atoms with Crippen LogP contribution in [0.1, 0.15) is 5.76 Å². The van der Waals surface area contributed by atoms with Gasteiger partial charge in [0.25, 0.3) is 0 Å². The fourth-order valence-corrected chi connectivity index (χ4v) is 1.25. The first kappa shape index (κ1) is 10.2. The zero-order chi connectivity index (χ0) is 9.52. The van der Waals surface area contributed by atoms with Gasteiger partial charge in [-0.25, -0.2) is 0 Å². The standard InChI is InChI=1S/C9H8O2S2/c1-2-6-13-9(12)11-7-8-4-3-5-10-8/h1,3-5H,6-7H2. The molecule has 0 aliphatic heterocycles. The molecular weight excluding hydrogens is 204 g/mol. The second kappa shape index (κ2) is 5.68. The van der Waals surface area contributed by atoms with Crippen molar-refractivity contribution in [3.8, 4) is 12.3 Å². The highest BCUT2D eigenvalue weighted by molar-refractivity contribution is 8.22. The van der Waals surface area contributed by atoms with Crippen LogP contribution in [0.3, 0.4) is 0 Å². The Morgan fingerprint density at radius 3 is 3.23 bits per heavy atom. The fraction of sp³-hybridized carbons (Fsp3) is 0.222. The van der Waals surface area contributed by atoms with Crippen LogP contribution in [0.25, 0.3) is 0 Å². The van der Waals surface area contributed by atoms with Crippen LogP contribution in [-0.2, 0) is 11.3 Å². The Labute approximate surface area is 86.6 Å². The molecule has 0 fully saturated rings. The lowest BCUT2D eigenvalue weighted by Crippen LogP contribution is -1.97. The van der Waals surface area contributed by atoms with Crippen LogP contribution in [0, 0.1) is 12.3 Å². The largest absolute Gasteiger partial charge is 0.470 e. The first-order chi connectivity index (χ1) is 6.33. The number of ether oxygens (including phenoxy) is 1. The summed E-state index contributed by atoms with van der Waals surface area (Å²) in [6.07, 6.45) is 6.66. The molecule has 4 heteroatoms. The predicted molar refractivity (Wildman–Crippen MR) is 57.4 cm³/mol. The van der Waals surface area contributed by atoms with E-state index in [4.69, 9.17) is 27.8 Å². The Bertz CT molecular complexity index is 298. The van der Waals surface area contributed by atoms with E-state index in [-0.39, 0.29) is 0 Å². The van der Waals surface area contributed by atoms with E-state index < -0.39 is 0 Å². The van der Waals surface area contributed by atoms with Gasteiger partial charge in [0.05, 0.1) is 12.0 Å². The lowest BCUT2D eigenvalue weighted by atomic mass is 10.5. The minimum absolute atomic E-state index is 0.364. The Morgan fingerprint density at radius 2 is 2.62 bits per heavy atom. The van der Waals surface area contributed by atoms with Crippen LogP contribution in [-0.4, -0.2) is 10.1 Å². The third-order valence-corrected chi connectivity index (χ3v) is 2.32. The van der Waals surface area contributed by atoms with Crippen molar-refractivity contribution in [2.75, 3.05) is 5.75 Å². The van der Waals surface area contributed by atoms with Crippen molar-refractivity contribution in [2.24, 2.45) is 0 Å². The van der Waals surface area contributed by atoms with Crippen LogP contribution in [0.2, 0.25) is 0 Å². The molecule has 0 N–H and O–H groups in total. The molecule has 1 rings (SSSR count). The van der Waals surface area contributed by atoms with Gasteiger partial charge in [0, 0.05) is 0 Å². The third-order valence-electron chi connectivity index (χ3n) is 1.19. The van der Waals surface area contributed by atoms with Crippen LogP contribution in [0.4, 0.5) is 0 Å². The van der Waals surface area contributed by atoms with Gasteiger partial charge in [0.1, 0.15) is 12.4 Å². The molecule has 0 unspecified atom stereocenters. The normalized spacial score (nSPS) is 9.15. The SMILES string of the molecule is C#CCSC(=S)OCc1ccco1. The van der Waals surface area contributed by atoms with Crippen LogP contribution in [0.15, 0.2) is 22.8 Å². The molecule has 0 aromatic carbocycles. The number of terminal acetylenes is 1. The van der Waals surface area contributed by atoms with E-state index in [1.54, 1.807) is 12.3 Å². The first-order valence-electron chi connectivity index (χ1n) is 3.58. The van der Waals surface area contributed by atoms with Crippen molar-refractivity contribution >= 4 is 28.4 Å². The van der Waals surface area contributed by atoms with E-state index in [0.29, 0.717) is 16.7 Å². The van der Waals surface area contributed by atoms with Crippen LogP contribution >= 0.6 is 24.0 Å². The lowest BCUT2D eigenvalue weighted by molar-refractivity contribution is 0.272. The highest BCUT2D eigenvalue weighted by Gasteiger charge is 1.99. The van der Waals surface area contributed by atoms with E-state index in [2.05, 4.69) is 5.92 Å². The summed E-state index contributed by atoms with van der Waals surface area (Å²) in [5.74, 6) is 3.76.